The number of halogens is 1. The van der Waals surface area contributed by atoms with E-state index >= 15 is 0 Å². The quantitative estimate of drug-likeness (QED) is 0.210. The highest BCUT2D eigenvalue weighted by Crippen LogP contribution is 2.39. The molecule has 0 unspecified atom stereocenters. The van der Waals surface area contributed by atoms with Crippen LogP contribution in [0.3, 0.4) is 0 Å². The topological polar surface area (TPSA) is 135 Å². The second kappa shape index (κ2) is 11.3. The van der Waals surface area contributed by atoms with Crippen molar-refractivity contribution in [3.05, 3.63) is 69.1 Å². The molecule has 2 heterocycles. The number of nitrogens with zero attached hydrogens (tertiary/aromatic N) is 5. The van der Waals surface area contributed by atoms with Crippen LogP contribution in [0.5, 0.6) is 0 Å². The van der Waals surface area contributed by atoms with E-state index in [1.165, 1.54) is 11.8 Å². The summed E-state index contributed by atoms with van der Waals surface area (Å²) in [6, 6.07) is 13.8. The molecule has 1 aliphatic heterocycles. The minimum atomic E-state index is -0.326. The maximum Gasteiger partial charge on any atom is 0.261 e. The van der Waals surface area contributed by atoms with E-state index in [4.69, 9.17) is 11.6 Å². The minimum Gasteiger partial charge on any atom is -0.370 e. The fourth-order valence-corrected chi connectivity index (χ4v) is 5.12. The van der Waals surface area contributed by atoms with E-state index in [0.717, 1.165) is 17.0 Å². The number of carbonyl (C=O) groups is 4. The third kappa shape index (κ3) is 5.18. The van der Waals surface area contributed by atoms with Gasteiger partial charge < -0.3 is 10.2 Å². The summed E-state index contributed by atoms with van der Waals surface area (Å²) in [5.74, 6) is -0.966. The standard InChI is InChI=1S/C26H21ClN6O4S/c1-3-32(10-11-33-25(36)17-6-4-5-7-18(17)26(33)37)16-8-9-20(21(12-16)29-15(2)35)30-31-24-19(13-28)23(27)22(14-34)38-24/h4-9,12,14H,3,10-11H2,1-2H3,(H,29,35)/b31-30+. The molecule has 192 valence electrons. The van der Waals surface area contributed by atoms with Gasteiger partial charge >= 0.3 is 0 Å². The van der Waals surface area contributed by atoms with E-state index in [1.807, 2.05) is 17.9 Å². The summed E-state index contributed by atoms with van der Waals surface area (Å²) in [7, 11) is 0. The van der Waals surface area contributed by atoms with E-state index in [0.29, 0.717) is 41.9 Å². The van der Waals surface area contributed by atoms with Gasteiger partial charge in [-0.25, -0.2) is 0 Å². The minimum absolute atomic E-state index is 0.0236. The molecule has 0 saturated heterocycles. The monoisotopic (exact) mass is 548 g/mol. The van der Waals surface area contributed by atoms with Crippen molar-refractivity contribution in [2.75, 3.05) is 29.9 Å². The SMILES string of the molecule is CCN(CCN1C(=O)c2ccccc2C1=O)c1ccc(/N=N/c2sc(C=O)c(Cl)c2C#N)c(NC(C)=O)c1. The van der Waals surface area contributed by atoms with Gasteiger partial charge in [-0.15, -0.1) is 21.6 Å². The van der Waals surface area contributed by atoms with E-state index in [-0.39, 0.29) is 44.7 Å². The molecular formula is C26H21ClN6O4S. The van der Waals surface area contributed by atoms with Crippen molar-refractivity contribution in [1.82, 2.24) is 4.90 Å². The summed E-state index contributed by atoms with van der Waals surface area (Å²) < 4.78 is 0. The number of fused-ring (bicyclic) bond motifs is 1. The van der Waals surface area contributed by atoms with Crippen molar-refractivity contribution in [1.29, 1.82) is 5.26 Å². The highest BCUT2D eigenvalue weighted by atomic mass is 35.5. The van der Waals surface area contributed by atoms with Gasteiger partial charge in [-0.05, 0) is 37.3 Å². The number of thiophene rings is 1. The van der Waals surface area contributed by atoms with Crippen LogP contribution in [0.25, 0.3) is 0 Å². The molecule has 0 fully saturated rings. The fraction of sp³-hybridized carbons (Fsp3) is 0.192. The molecule has 4 rings (SSSR count). The first kappa shape index (κ1) is 26.7. The largest absolute Gasteiger partial charge is 0.370 e. The molecule has 3 aromatic rings. The van der Waals surface area contributed by atoms with Crippen LogP contribution >= 0.6 is 22.9 Å². The van der Waals surface area contributed by atoms with Gasteiger partial charge in [-0.2, -0.15) is 5.26 Å². The first-order chi connectivity index (χ1) is 18.3. The van der Waals surface area contributed by atoms with Crippen molar-refractivity contribution in [3.63, 3.8) is 0 Å². The Morgan fingerprint density at radius 3 is 2.45 bits per heavy atom. The lowest BCUT2D eigenvalue weighted by atomic mass is 10.1. The lowest BCUT2D eigenvalue weighted by Gasteiger charge is -2.26. The van der Waals surface area contributed by atoms with Gasteiger partial charge in [0.05, 0.1) is 26.7 Å². The van der Waals surface area contributed by atoms with E-state index < -0.39 is 0 Å². The highest BCUT2D eigenvalue weighted by Gasteiger charge is 2.34. The van der Waals surface area contributed by atoms with Crippen LogP contribution in [0.2, 0.25) is 5.02 Å². The lowest BCUT2D eigenvalue weighted by molar-refractivity contribution is -0.114. The molecule has 0 radical (unpaired) electrons. The zero-order chi connectivity index (χ0) is 27.4. The Morgan fingerprint density at radius 1 is 1.18 bits per heavy atom. The van der Waals surface area contributed by atoms with Crippen molar-refractivity contribution < 1.29 is 19.2 Å². The number of aldehydes is 1. The number of hydrogen-bond donors (Lipinski definition) is 1. The summed E-state index contributed by atoms with van der Waals surface area (Å²) in [5, 5.41) is 20.6. The average molecular weight is 549 g/mol. The Bertz CT molecular complexity index is 1490. The molecule has 0 saturated carbocycles. The third-order valence-electron chi connectivity index (χ3n) is 5.83. The van der Waals surface area contributed by atoms with Crippen LogP contribution in [0.15, 0.2) is 52.7 Å². The zero-order valence-corrected chi connectivity index (χ0v) is 22.0. The predicted octanol–water partition coefficient (Wildman–Crippen LogP) is 5.58. The number of imide groups is 1. The molecule has 0 aliphatic carbocycles. The van der Waals surface area contributed by atoms with Crippen LogP contribution in [0.4, 0.5) is 22.1 Å². The second-order valence-corrected chi connectivity index (χ2v) is 9.57. The van der Waals surface area contributed by atoms with Crippen molar-refractivity contribution in [2.24, 2.45) is 10.2 Å². The molecule has 38 heavy (non-hydrogen) atoms. The highest BCUT2D eigenvalue weighted by molar-refractivity contribution is 7.18. The van der Waals surface area contributed by atoms with E-state index in [2.05, 4.69) is 15.5 Å². The molecular weight excluding hydrogens is 528 g/mol. The molecule has 0 bridgehead atoms. The molecule has 0 spiro atoms. The number of nitriles is 1. The number of azo groups is 1. The summed E-state index contributed by atoms with van der Waals surface area (Å²) >= 11 is 6.99. The van der Waals surface area contributed by atoms with Crippen molar-refractivity contribution in [3.8, 4) is 6.07 Å². The van der Waals surface area contributed by atoms with Crippen LogP contribution in [0, 0.1) is 11.3 Å². The summed E-state index contributed by atoms with van der Waals surface area (Å²) in [4.78, 5) is 51.8. The molecule has 3 amide bonds. The van der Waals surface area contributed by atoms with Gasteiger partial charge in [0.25, 0.3) is 11.8 Å². The number of nitrogens with one attached hydrogen (secondary N) is 1. The first-order valence-corrected chi connectivity index (χ1v) is 12.7. The summed E-state index contributed by atoms with van der Waals surface area (Å²) in [6.45, 7) is 4.42. The lowest BCUT2D eigenvalue weighted by Crippen LogP contribution is -2.38. The van der Waals surface area contributed by atoms with Crippen LogP contribution in [-0.2, 0) is 4.79 Å². The summed E-state index contributed by atoms with van der Waals surface area (Å²) in [5.41, 5.74) is 2.26. The van der Waals surface area contributed by atoms with Crippen LogP contribution in [-0.4, -0.2) is 48.5 Å². The Morgan fingerprint density at radius 2 is 1.87 bits per heavy atom. The van der Waals surface area contributed by atoms with Crippen molar-refractivity contribution in [2.45, 2.75) is 13.8 Å². The van der Waals surface area contributed by atoms with Gasteiger partial charge in [0.15, 0.2) is 11.3 Å². The number of hydrogen-bond acceptors (Lipinski definition) is 9. The van der Waals surface area contributed by atoms with Gasteiger partial charge in [0, 0.05) is 32.2 Å². The molecule has 0 atom stereocenters. The Hall–Kier alpha value is -4.40. The molecule has 2 aromatic carbocycles. The molecule has 1 aliphatic rings. The smallest absolute Gasteiger partial charge is 0.261 e. The molecule has 1 N–H and O–H groups in total. The molecule has 1 aromatic heterocycles. The Balaban J connectivity index is 1.57. The normalized spacial score (nSPS) is 12.5. The van der Waals surface area contributed by atoms with Gasteiger partial charge in [-0.1, -0.05) is 23.7 Å². The predicted molar refractivity (Wildman–Crippen MR) is 144 cm³/mol. The van der Waals surface area contributed by atoms with Crippen molar-refractivity contribution >= 4 is 69.0 Å². The van der Waals surface area contributed by atoms with E-state index in [9.17, 15) is 24.4 Å². The zero-order valence-electron chi connectivity index (χ0n) is 20.4. The average Bonchev–Trinajstić information content (AvgIpc) is 3.35. The van der Waals surface area contributed by atoms with Crippen LogP contribution < -0.4 is 10.2 Å². The van der Waals surface area contributed by atoms with Gasteiger partial charge in [0.1, 0.15) is 17.3 Å². The number of amides is 3. The number of carbonyl (C=O) groups excluding carboxylic acids is 4. The summed E-state index contributed by atoms with van der Waals surface area (Å²) in [6.07, 6.45) is 0.547. The third-order valence-corrected chi connectivity index (χ3v) is 7.34. The maximum absolute atomic E-state index is 12.7. The first-order valence-electron chi connectivity index (χ1n) is 11.5. The van der Waals surface area contributed by atoms with Gasteiger partial charge in [-0.3, -0.25) is 24.1 Å². The number of benzene rings is 2. The molecule has 10 nitrogen and oxygen atoms in total. The number of likely N-dealkylation sites (N-methyl/N-ethyl adjacent to an activating group) is 1. The number of rotatable bonds is 9. The maximum atomic E-state index is 12.7. The fourth-order valence-electron chi connectivity index (χ4n) is 3.99. The van der Waals surface area contributed by atoms with Crippen LogP contribution in [0.1, 0.15) is 49.8 Å². The van der Waals surface area contributed by atoms with Gasteiger partial charge in [0.2, 0.25) is 5.91 Å². The van der Waals surface area contributed by atoms with E-state index in [1.54, 1.807) is 42.5 Å². The molecule has 12 heteroatoms. The second-order valence-electron chi connectivity index (χ2n) is 8.16. The Kier molecular flexibility index (Phi) is 7.95. The number of anilines is 2. The Labute approximate surface area is 227 Å².